The Morgan fingerprint density at radius 3 is 2.05 bits per heavy atom. The Morgan fingerprint density at radius 1 is 0.881 bits per heavy atom. The van der Waals surface area contributed by atoms with Crippen LogP contribution in [0.15, 0.2) is 41.6 Å². The van der Waals surface area contributed by atoms with E-state index in [0.29, 0.717) is 30.3 Å². The van der Waals surface area contributed by atoms with Gasteiger partial charge in [-0.15, -0.1) is 11.8 Å². The van der Waals surface area contributed by atoms with Crippen LogP contribution in [-0.2, 0) is 15.0 Å². The van der Waals surface area contributed by atoms with Gasteiger partial charge >= 0.3 is 0 Å². The van der Waals surface area contributed by atoms with Crippen LogP contribution in [0.2, 0.25) is 0 Å². The topological polar surface area (TPSA) is 90.5 Å². The SMILES string of the molecule is CCC(=O)N1CCC(Nc2cc(SCC3CC(C(=O)N4CCC(Nc5cc(C(C)(C)C)ccn5)CC4)C3)ccn2)CC1. The maximum Gasteiger partial charge on any atom is 0.225 e. The molecule has 2 aliphatic heterocycles. The molecule has 3 aliphatic rings. The minimum absolute atomic E-state index is 0.1000. The van der Waals surface area contributed by atoms with Crippen molar-refractivity contribution in [2.45, 2.75) is 95.0 Å². The van der Waals surface area contributed by atoms with Crippen molar-refractivity contribution in [1.29, 1.82) is 0 Å². The van der Waals surface area contributed by atoms with Gasteiger partial charge in [-0.2, -0.15) is 0 Å². The van der Waals surface area contributed by atoms with Gasteiger partial charge in [0.2, 0.25) is 11.8 Å². The van der Waals surface area contributed by atoms with Crippen molar-refractivity contribution >= 4 is 35.2 Å². The van der Waals surface area contributed by atoms with Crippen molar-refractivity contribution in [1.82, 2.24) is 19.8 Å². The number of piperidine rings is 2. The molecule has 0 spiro atoms. The zero-order valence-corrected chi connectivity index (χ0v) is 26.6. The first kappa shape index (κ1) is 30.6. The Morgan fingerprint density at radius 2 is 1.45 bits per heavy atom. The molecule has 2 saturated heterocycles. The number of rotatable bonds is 9. The van der Waals surface area contributed by atoms with E-state index in [2.05, 4.69) is 70.5 Å². The monoisotopic (exact) mass is 592 g/mol. The van der Waals surface area contributed by atoms with Gasteiger partial charge in [-0.3, -0.25) is 9.59 Å². The molecule has 0 bridgehead atoms. The third kappa shape index (κ3) is 7.97. The molecule has 0 radical (unpaired) electrons. The number of carbonyl (C=O) groups excluding carboxylic acids is 2. The van der Waals surface area contributed by atoms with Crippen molar-refractivity contribution in [2.75, 3.05) is 42.6 Å². The number of amides is 2. The van der Waals surface area contributed by atoms with Gasteiger partial charge in [0, 0.05) is 73.6 Å². The predicted molar refractivity (Wildman–Crippen MR) is 171 cm³/mol. The number of nitrogens with zero attached hydrogens (tertiary/aromatic N) is 4. The third-order valence-electron chi connectivity index (χ3n) is 9.09. The van der Waals surface area contributed by atoms with E-state index in [1.807, 2.05) is 36.0 Å². The normalized spacial score (nSPS) is 22.0. The van der Waals surface area contributed by atoms with Gasteiger partial charge in [0.25, 0.3) is 0 Å². The summed E-state index contributed by atoms with van der Waals surface area (Å²) >= 11 is 1.87. The van der Waals surface area contributed by atoms with Crippen molar-refractivity contribution in [2.24, 2.45) is 11.8 Å². The molecule has 0 aromatic carbocycles. The highest BCUT2D eigenvalue weighted by Gasteiger charge is 2.37. The second-order valence-electron chi connectivity index (χ2n) is 13.3. The van der Waals surface area contributed by atoms with Crippen LogP contribution in [0.25, 0.3) is 0 Å². The van der Waals surface area contributed by atoms with Crippen LogP contribution in [0.3, 0.4) is 0 Å². The van der Waals surface area contributed by atoms with Crippen LogP contribution in [-0.4, -0.2) is 75.6 Å². The number of hydrogen-bond acceptors (Lipinski definition) is 7. The number of likely N-dealkylation sites (tertiary alicyclic amines) is 2. The Hall–Kier alpha value is -2.81. The first-order valence-corrected chi connectivity index (χ1v) is 16.8. The van der Waals surface area contributed by atoms with E-state index in [1.54, 1.807) is 0 Å². The lowest BCUT2D eigenvalue weighted by atomic mass is 9.75. The highest BCUT2D eigenvalue weighted by Crippen LogP contribution is 2.39. The van der Waals surface area contributed by atoms with Crippen molar-refractivity contribution in [3.63, 3.8) is 0 Å². The molecule has 5 rings (SSSR count). The van der Waals surface area contributed by atoms with E-state index in [-0.39, 0.29) is 17.2 Å². The van der Waals surface area contributed by atoms with Crippen LogP contribution in [0.1, 0.15) is 78.2 Å². The second-order valence-corrected chi connectivity index (χ2v) is 14.4. The molecule has 9 heteroatoms. The molecular weight excluding hydrogens is 544 g/mol. The van der Waals surface area contributed by atoms with Crippen molar-refractivity contribution in [3.8, 4) is 0 Å². The number of carbonyl (C=O) groups is 2. The van der Waals surface area contributed by atoms with E-state index in [9.17, 15) is 9.59 Å². The maximum absolute atomic E-state index is 13.2. The minimum Gasteiger partial charge on any atom is -0.367 e. The van der Waals surface area contributed by atoms with E-state index in [4.69, 9.17) is 0 Å². The summed E-state index contributed by atoms with van der Waals surface area (Å²) < 4.78 is 0. The fraction of sp³-hybridized carbons (Fsp3) is 0.636. The molecule has 2 N–H and O–H groups in total. The summed E-state index contributed by atoms with van der Waals surface area (Å²) in [5.74, 6) is 4.27. The first-order chi connectivity index (χ1) is 20.2. The lowest BCUT2D eigenvalue weighted by Gasteiger charge is -2.40. The zero-order valence-electron chi connectivity index (χ0n) is 25.8. The molecule has 42 heavy (non-hydrogen) atoms. The summed E-state index contributed by atoms with van der Waals surface area (Å²) in [7, 11) is 0. The lowest BCUT2D eigenvalue weighted by molar-refractivity contribution is -0.140. The number of pyridine rings is 2. The number of hydrogen-bond donors (Lipinski definition) is 2. The third-order valence-corrected chi connectivity index (χ3v) is 10.3. The quantitative estimate of drug-likeness (QED) is 0.355. The smallest absolute Gasteiger partial charge is 0.225 e. The fourth-order valence-corrected chi connectivity index (χ4v) is 7.31. The molecule has 1 aliphatic carbocycles. The van der Waals surface area contributed by atoms with E-state index in [1.165, 1.54) is 10.5 Å². The van der Waals surface area contributed by atoms with Crippen LogP contribution >= 0.6 is 11.8 Å². The lowest BCUT2D eigenvalue weighted by Crippen LogP contribution is -2.47. The molecule has 4 heterocycles. The van der Waals surface area contributed by atoms with Crippen LogP contribution in [0.4, 0.5) is 11.6 Å². The van der Waals surface area contributed by atoms with Crippen LogP contribution in [0, 0.1) is 11.8 Å². The van der Waals surface area contributed by atoms with Gasteiger partial charge in [-0.1, -0.05) is 27.7 Å². The Bertz CT molecular complexity index is 1210. The highest BCUT2D eigenvalue weighted by atomic mass is 32.2. The Balaban J connectivity index is 0.996. The summed E-state index contributed by atoms with van der Waals surface area (Å²) in [4.78, 5) is 39.5. The standard InChI is InChI=1S/C33H48N6O2S/c1-5-31(40)38-14-8-26(9-15-38)37-30-21-28(7-13-35-30)42-22-23-18-24(19-23)32(41)39-16-10-27(11-17-39)36-29-20-25(6-12-34-29)33(2,3)4/h6-7,12-13,20-21,23-24,26-27H,5,8-11,14-19,22H2,1-4H3,(H,34,36)(H,35,37). The Kier molecular flexibility index (Phi) is 9.96. The Labute approximate surface area is 255 Å². The number of aromatic nitrogens is 2. The van der Waals surface area contributed by atoms with Crippen molar-refractivity contribution < 1.29 is 9.59 Å². The molecule has 2 aromatic heterocycles. The van der Waals surface area contributed by atoms with Gasteiger partial charge in [0.05, 0.1) is 0 Å². The second kappa shape index (κ2) is 13.7. The molecular formula is C33H48N6O2S. The molecule has 228 valence electrons. The van der Waals surface area contributed by atoms with Crippen LogP contribution in [0.5, 0.6) is 0 Å². The average molecular weight is 593 g/mol. The summed E-state index contributed by atoms with van der Waals surface area (Å²) in [6, 6.07) is 9.19. The summed E-state index contributed by atoms with van der Waals surface area (Å²) in [5.41, 5.74) is 1.38. The average Bonchev–Trinajstić information content (AvgIpc) is 2.96. The van der Waals surface area contributed by atoms with Gasteiger partial charge in [-0.25, -0.2) is 9.97 Å². The van der Waals surface area contributed by atoms with E-state index in [0.717, 1.165) is 82.1 Å². The zero-order chi connectivity index (χ0) is 29.7. The highest BCUT2D eigenvalue weighted by molar-refractivity contribution is 7.99. The summed E-state index contributed by atoms with van der Waals surface area (Å²) in [5, 5.41) is 7.19. The molecule has 0 unspecified atom stereocenters. The van der Waals surface area contributed by atoms with Crippen molar-refractivity contribution in [3.05, 3.63) is 42.2 Å². The first-order valence-electron chi connectivity index (χ1n) is 15.8. The minimum atomic E-state index is 0.1000. The van der Waals surface area contributed by atoms with Gasteiger partial charge in [0.1, 0.15) is 11.6 Å². The molecule has 8 nitrogen and oxygen atoms in total. The maximum atomic E-state index is 13.2. The molecule has 3 fully saturated rings. The van der Waals surface area contributed by atoms with E-state index < -0.39 is 0 Å². The van der Waals surface area contributed by atoms with E-state index >= 15 is 0 Å². The van der Waals surface area contributed by atoms with Gasteiger partial charge in [0.15, 0.2) is 0 Å². The summed E-state index contributed by atoms with van der Waals surface area (Å²) in [6.07, 6.45) is 10.2. The van der Waals surface area contributed by atoms with Crippen LogP contribution < -0.4 is 10.6 Å². The molecule has 2 amide bonds. The molecule has 0 atom stereocenters. The molecule has 2 aromatic rings. The number of thioether (sulfide) groups is 1. The largest absolute Gasteiger partial charge is 0.367 e. The fourth-order valence-electron chi connectivity index (χ4n) is 6.26. The predicted octanol–water partition coefficient (Wildman–Crippen LogP) is 5.81. The number of nitrogens with one attached hydrogen (secondary N) is 2. The van der Waals surface area contributed by atoms with Gasteiger partial charge in [-0.05, 0) is 79.7 Å². The van der Waals surface area contributed by atoms with Gasteiger partial charge < -0.3 is 20.4 Å². The summed E-state index contributed by atoms with van der Waals surface area (Å²) in [6.45, 7) is 11.9. The number of anilines is 2. The molecule has 1 saturated carbocycles.